The number of carbonyl (C=O) groups excluding carboxylic acids is 1. The summed E-state index contributed by atoms with van der Waals surface area (Å²) in [5, 5.41) is 3.98. The lowest BCUT2D eigenvalue weighted by molar-refractivity contribution is -0.126. The molecule has 1 atom stereocenters. The first-order valence-corrected chi connectivity index (χ1v) is 6.65. The van der Waals surface area contributed by atoms with Crippen LogP contribution in [0.2, 0.25) is 5.02 Å². The molecule has 2 aliphatic rings. The van der Waals surface area contributed by atoms with Crippen molar-refractivity contribution in [1.29, 1.82) is 0 Å². The van der Waals surface area contributed by atoms with Gasteiger partial charge in [-0.2, -0.15) is 0 Å². The zero-order valence-corrected chi connectivity index (χ0v) is 10.9. The number of amides is 1. The van der Waals surface area contributed by atoms with E-state index >= 15 is 0 Å². The molecule has 1 aromatic rings. The van der Waals surface area contributed by atoms with Gasteiger partial charge in [0.05, 0.1) is 0 Å². The fourth-order valence-electron chi connectivity index (χ4n) is 2.65. The third-order valence-corrected chi connectivity index (χ3v) is 3.91. The second-order valence-electron chi connectivity index (χ2n) is 4.72. The average Bonchev–Trinajstić information content (AvgIpc) is 2.41. The molecule has 0 radical (unpaired) electrons. The van der Waals surface area contributed by atoms with Crippen molar-refractivity contribution in [2.75, 3.05) is 37.6 Å². The van der Waals surface area contributed by atoms with Crippen LogP contribution in [0.4, 0.5) is 5.69 Å². The molecule has 0 bridgehead atoms. The molecule has 2 saturated heterocycles. The van der Waals surface area contributed by atoms with Gasteiger partial charge in [0, 0.05) is 43.4 Å². The van der Waals surface area contributed by atoms with E-state index in [1.54, 1.807) is 0 Å². The summed E-state index contributed by atoms with van der Waals surface area (Å²) in [6.45, 7) is 4.40. The van der Waals surface area contributed by atoms with Crippen LogP contribution in [0.15, 0.2) is 24.3 Å². The molecule has 2 fully saturated rings. The maximum absolute atomic E-state index is 12.5. The Bertz CT molecular complexity index is 448. The van der Waals surface area contributed by atoms with Gasteiger partial charge in [-0.15, -0.1) is 0 Å². The number of hydrogen-bond acceptors (Lipinski definition) is 3. The van der Waals surface area contributed by atoms with Gasteiger partial charge in [-0.1, -0.05) is 11.6 Å². The lowest BCUT2D eigenvalue weighted by Crippen LogP contribution is -2.64. The highest BCUT2D eigenvalue weighted by molar-refractivity contribution is 6.30. The maximum atomic E-state index is 12.5. The summed E-state index contributed by atoms with van der Waals surface area (Å²) >= 11 is 5.88. The molecule has 1 amide bonds. The smallest absolute Gasteiger partial charge is 0.245 e. The van der Waals surface area contributed by atoms with Crippen LogP contribution in [0.25, 0.3) is 0 Å². The van der Waals surface area contributed by atoms with Gasteiger partial charge in [-0.25, -0.2) is 0 Å². The van der Waals surface area contributed by atoms with Gasteiger partial charge in [0.15, 0.2) is 0 Å². The topological polar surface area (TPSA) is 35.6 Å². The Morgan fingerprint density at radius 3 is 2.72 bits per heavy atom. The molecule has 96 valence electrons. The van der Waals surface area contributed by atoms with E-state index in [0.29, 0.717) is 5.02 Å². The largest absolute Gasteiger partial charge is 0.313 e. The minimum atomic E-state index is -0.0109. The van der Waals surface area contributed by atoms with Crippen molar-refractivity contribution >= 4 is 23.2 Å². The monoisotopic (exact) mass is 265 g/mol. The highest BCUT2D eigenvalue weighted by Gasteiger charge is 2.36. The first kappa shape index (κ1) is 12.0. The molecule has 0 aliphatic carbocycles. The molecule has 5 heteroatoms. The SMILES string of the molecule is O=C1C2CNCCN2CCN1c1ccc(Cl)cc1. The number of nitrogens with one attached hydrogen (secondary N) is 1. The second-order valence-corrected chi connectivity index (χ2v) is 5.16. The van der Waals surface area contributed by atoms with Crippen LogP contribution in [0.1, 0.15) is 0 Å². The first-order valence-electron chi connectivity index (χ1n) is 6.27. The number of nitrogens with zero attached hydrogens (tertiary/aromatic N) is 2. The Morgan fingerprint density at radius 2 is 1.94 bits per heavy atom. The standard InChI is InChI=1S/C13H16ClN3O/c14-10-1-3-11(4-2-10)17-8-7-16-6-5-15-9-12(16)13(17)18/h1-4,12,15H,5-9H2. The van der Waals surface area contributed by atoms with Crippen LogP contribution in [-0.4, -0.2) is 49.6 Å². The minimum Gasteiger partial charge on any atom is -0.313 e. The van der Waals surface area contributed by atoms with E-state index in [1.807, 2.05) is 29.2 Å². The molecule has 0 saturated carbocycles. The molecule has 18 heavy (non-hydrogen) atoms. The average molecular weight is 266 g/mol. The number of benzene rings is 1. The van der Waals surface area contributed by atoms with E-state index < -0.39 is 0 Å². The van der Waals surface area contributed by atoms with Crippen molar-refractivity contribution in [1.82, 2.24) is 10.2 Å². The first-order chi connectivity index (χ1) is 8.75. The molecule has 1 N–H and O–H groups in total. The van der Waals surface area contributed by atoms with Crippen molar-refractivity contribution in [2.45, 2.75) is 6.04 Å². The highest BCUT2D eigenvalue weighted by Crippen LogP contribution is 2.22. The molecule has 0 aromatic heterocycles. The fraction of sp³-hybridized carbons (Fsp3) is 0.462. The van der Waals surface area contributed by atoms with Crippen LogP contribution in [0.3, 0.4) is 0 Å². The number of fused-ring (bicyclic) bond motifs is 1. The highest BCUT2D eigenvalue weighted by atomic mass is 35.5. The summed E-state index contributed by atoms with van der Waals surface area (Å²) in [5.74, 6) is 0.191. The van der Waals surface area contributed by atoms with Crippen molar-refractivity contribution in [2.24, 2.45) is 0 Å². The lowest BCUT2D eigenvalue weighted by atomic mass is 10.1. The van der Waals surface area contributed by atoms with Crippen LogP contribution in [-0.2, 0) is 4.79 Å². The van der Waals surface area contributed by atoms with Gasteiger partial charge in [-0.3, -0.25) is 9.69 Å². The minimum absolute atomic E-state index is 0.0109. The van der Waals surface area contributed by atoms with Gasteiger partial charge in [0.25, 0.3) is 0 Å². The van der Waals surface area contributed by atoms with E-state index in [0.717, 1.165) is 38.4 Å². The molecule has 0 spiro atoms. The maximum Gasteiger partial charge on any atom is 0.245 e. The zero-order chi connectivity index (χ0) is 12.5. The Balaban J connectivity index is 1.81. The molecule has 2 heterocycles. The molecular formula is C13H16ClN3O. The van der Waals surface area contributed by atoms with Crippen LogP contribution in [0, 0.1) is 0 Å². The normalized spacial score (nSPS) is 25.1. The zero-order valence-electron chi connectivity index (χ0n) is 10.1. The Labute approximate surface area is 112 Å². The van der Waals surface area contributed by atoms with Gasteiger partial charge in [0.2, 0.25) is 5.91 Å². The summed E-state index contributed by atoms with van der Waals surface area (Å²) in [6, 6.07) is 7.46. The number of rotatable bonds is 1. The third kappa shape index (κ3) is 2.11. The summed E-state index contributed by atoms with van der Waals surface area (Å²) in [4.78, 5) is 16.6. The van der Waals surface area contributed by atoms with Crippen molar-refractivity contribution in [3.05, 3.63) is 29.3 Å². The quantitative estimate of drug-likeness (QED) is 0.822. The molecule has 1 unspecified atom stereocenters. The van der Waals surface area contributed by atoms with Crippen LogP contribution in [0.5, 0.6) is 0 Å². The number of halogens is 1. The van der Waals surface area contributed by atoms with E-state index in [2.05, 4.69) is 10.2 Å². The summed E-state index contributed by atoms with van der Waals surface area (Å²) in [7, 11) is 0. The Hall–Kier alpha value is -1.10. The van der Waals surface area contributed by atoms with Gasteiger partial charge < -0.3 is 10.2 Å². The fourth-order valence-corrected chi connectivity index (χ4v) is 2.78. The lowest BCUT2D eigenvalue weighted by Gasteiger charge is -2.43. The van der Waals surface area contributed by atoms with Gasteiger partial charge in [-0.05, 0) is 24.3 Å². The number of carbonyl (C=O) groups is 1. The van der Waals surface area contributed by atoms with Crippen LogP contribution >= 0.6 is 11.6 Å². The predicted molar refractivity (Wildman–Crippen MR) is 72.0 cm³/mol. The Morgan fingerprint density at radius 1 is 1.17 bits per heavy atom. The van der Waals surface area contributed by atoms with Crippen LogP contribution < -0.4 is 10.2 Å². The summed E-state index contributed by atoms with van der Waals surface area (Å²) in [6.07, 6.45) is 0. The summed E-state index contributed by atoms with van der Waals surface area (Å²) < 4.78 is 0. The molecule has 1 aromatic carbocycles. The number of anilines is 1. The Kier molecular flexibility index (Phi) is 3.24. The molecule has 2 aliphatic heterocycles. The van der Waals surface area contributed by atoms with Gasteiger partial charge >= 0.3 is 0 Å². The van der Waals surface area contributed by atoms with E-state index in [-0.39, 0.29) is 11.9 Å². The predicted octanol–water partition coefficient (Wildman–Crippen LogP) is 0.960. The molecule has 4 nitrogen and oxygen atoms in total. The number of hydrogen-bond donors (Lipinski definition) is 1. The summed E-state index contributed by atoms with van der Waals surface area (Å²) in [5.41, 5.74) is 0.939. The number of piperazine rings is 2. The molecular weight excluding hydrogens is 250 g/mol. The van der Waals surface area contributed by atoms with E-state index in [9.17, 15) is 4.79 Å². The second kappa shape index (κ2) is 4.88. The van der Waals surface area contributed by atoms with Gasteiger partial charge in [0.1, 0.15) is 6.04 Å². The van der Waals surface area contributed by atoms with E-state index in [1.165, 1.54) is 0 Å². The van der Waals surface area contributed by atoms with Crippen molar-refractivity contribution < 1.29 is 4.79 Å². The van der Waals surface area contributed by atoms with E-state index in [4.69, 9.17) is 11.6 Å². The van der Waals surface area contributed by atoms with Crippen molar-refractivity contribution in [3.8, 4) is 0 Å². The van der Waals surface area contributed by atoms with Crippen molar-refractivity contribution in [3.63, 3.8) is 0 Å². The molecule has 3 rings (SSSR count). The third-order valence-electron chi connectivity index (χ3n) is 3.65.